The minimum Gasteiger partial charge on any atom is -0.337 e. The number of aryl methyl sites for hydroxylation is 2. The highest BCUT2D eigenvalue weighted by Gasteiger charge is 2.25. The quantitative estimate of drug-likeness (QED) is 0.369. The number of fused-ring (bicyclic) bond motifs is 1. The summed E-state index contributed by atoms with van der Waals surface area (Å²) in [5.41, 5.74) is 2.52. The maximum atomic E-state index is 13.1. The fourth-order valence-electron chi connectivity index (χ4n) is 4.80. The Balaban J connectivity index is 1.41. The Morgan fingerprint density at radius 3 is 2.77 bits per heavy atom. The van der Waals surface area contributed by atoms with Gasteiger partial charge in [0.15, 0.2) is 0 Å². The molecule has 2 amide bonds. The highest BCUT2D eigenvalue weighted by Crippen LogP contribution is 2.30. The van der Waals surface area contributed by atoms with E-state index in [9.17, 15) is 9.59 Å². The van der Waals surface area contributed by atoms with Crippen LogP contribution >= 0.6 is 11.3 Å². The number of amides is 2. The first kappa shape index (κ1) is 23.3. The predicted molar refractivity (Wildman–Crippen MR) is 139 cm³/mol. The molecule has 0 atom stereocenters. The molecule has 1 N–H and O–H groups in total. The zero-order valence-electron chi connectivity index (χ0n) is 19.9. The van der Waals surface area contributed by atoms with Gasteiger partial charge in [0.05, 0.1) is 22.2 Å². The monoisotopic (exact) mass is 490 g/mol. The Hall–Kier alpha value is -3.46. The van der Waals surface area contributed by atoms with Crippen molar-refractivity contribution in [2.45, 2.75) is 51.6 Å². The lowest BCUT2D eigenvalue weighted by Crippen LogP contribution is -2.33. The van der Waals surface area contributed by atoms with E-state index < -0.39 is 0 Å². The van der Waals surface area contributed by atoms with E-state index in [4.69, 9.17) is 4.98 Å². The third kappa shape index (κ3) is 5.14. The van der Waals surface area contributed by atoms with Gasteiger partial charge < -0.3 is 14.0 Å². The van der Waals surface area contributed by atoms with Crippen LogP contribution in [0.5, 0.6) is 0 Å². The van der Waals surface area contributed by atoms with Crippen molar-refractivity contribution < 1.29 is 9.59 Å². The molecule has 1 aliphatic rings. The van der Waals surface area contributed by atoms with Crippen LogP contribution in [0, 0.1) is 5.92 Å². The fourth-order valence-corrected chi connectivity index (χ4v) is 5.42. The van der Waals surface area contributed by atoms with Crippen molar-refractivity contribution in [2.75, 3.05) is 17.3 Å². The summed E-state index contributed by atoms with van der Waals surface area (Å²) < 4.78 is 4.08. The van der Waals surface area contributed by atoms with Gasteiger partial charge in [-0.2, -0.15) is 0 Å². The van der Waals surface area contributed by atoms with E-state index in [1.165, 1.54) is 17.8 Å². The van der Waals surface area contributed by atoms with Crippen molar-refractivity contribution in [1.82, 2.24) is 19.1 Å². The van der Waals surface area contributed by atoms with E-state index >= 15 is 0 Å². The number of thiophene rings is 1. The number of hydrogen-bond donors (Lipinski definition) is 1. The van der Waals surface area contributed by atoms with Crippen LogP contribution in [0.1, 0.15) is 48.2 Å². The number of nitrogens with zero attached hydrogens (tertiary/aromatic N) is 5. The largest absolute Gasteiger partial charge is 0.337 e. The molecule has 3 aromatic heterocycles. The van der Waals surface area contributed by atoms with Crippen LogP contribution in [0.2, 0.25) is 0 Å². The van der Waals surface area contributed by atoms with Crippen molar-refractivity contribution in [3.05, 3.63) is 59.3 Å². The number of rotatable bonds is 8. The summed E-state index contributed by atoms with van der Waals surface area (Å²) in [6.07, 6.45) is 11.8. The maximum Gasteiger partial charge on any atom is 0.268 e. The highest BCUT2D eigenvalue weighted by molar-refractivity contribution is 7.12. The SMILES string of the molecule is CN(C(=O)C1CCCCC1)c1ccc2c(c1)nc(NC(=O)c1cccs1)n2CCCn1ccnc1. The summed E-state index contributed by atoms with van der Waals surface area (Å²) in [6, 6.07) is 9.58. The first-order valence-electron chi connectivity index (χ1n) is 12.2. The summed E-state index contributed by atoms with van der Waals surface area (Å²) in [6.45, 7) is 1.50. The smallest absolute Gasteiger partial charge is 0.268 e. The zero-order chi connectivity index (χ0) is 24.2. The van der Waals surface area contributed by atoms with Gasteiger partial charge in [-0.25, -0.2) is 9.97 Å². The number of carbonyl (C=O) groups excluding carboxylic acids is 2. The van der Waals surface area contributed by atoms with E-state index in [1.807, 2.05) is 52.0 Å². The molecule has 182 valence electrons. The minimum absolute atomic E-state index is 0.103. The van der Waals surface area contributed by atoms with Crippen molar-refractivity contribution in [2.24, 2.45) is 5.92 Å². The Bertz CT molecular complexity index is 1290. The number of anilines is 2. The van der Waals surface area contributed by atoms with Gasteiger partial charge in [-0.3, -0.25) is 14.9 Å². The first-order valence-corrected chi connectivity index (χ1v) is 13.1. The molecule has 1 fully saturated rings. The van der Waals surface area contributed by atoms with Gasteiger partial charge in [0.1, 0.15) is 0 Å². The molecule has 1 aromatic carbocycles. The number of imidazole rings is 2. The molecular formula is C26H30N6O2S. The zero-order valence-corrected chi connectivity index (χ0v) is 20.7. The number of aromatic nitrogens is 4. The average Bonchev–Trinajstić information content (AvgIpc) is 3.66. The molecule has 4 aromatic rings. The summed E-state index contributed by atoms with van der Waals surface area (Å²) >= 11 is 1.40. The standard InChI is InChI=1S/C26H30N6O2S/c1-30(25(34)19-7-3-2-4-8-19)20-10-11-22-21(17-20)28-26(29-24(33)23-9-5-16-35-23)32(22)14-6-13-31-15-12-27-18-31/h5,9-12,15-19H,2-4,6-8,13-14H2,1H3,(H,28,29,33). The van der Waals surface area contributed by atoms with E-state index in [-0.39, 0.29) is 17.7 Å². The van der Waals surface area contributed by atoms with Crippen molar-refractivity contribution in [3.8, 4) is 0 Å². The van der Waals surface area contributed by atoms with Gasteiger partial charge in [0.2, 0.25) is 11.9 Å². The summed E-state index contributed by atoms with van der Waals surface area (Å²) in [5, 5.41) is 4.88. The molecule has 0 radical (unpaired) electrons. The Morgan fingerprint density at radius 2 is 2.03 bits per heavy atom. The molecular weight excluding hydrogens is 460 g/mol. The molecule has 0 aliphatic heterocycles. The Kier molecular flexibility index (Phi) is 6.94. The Morgan fingerprint density at radius 1 is 1.17 bits per heavy atom. The normalized spacial score (nSPS) is 14.3. The van der Waals surface area contributed by atoms with Gasteiger partial charge in [-0.1, -0.05) is 25.3 Å². The molecule has 5 rings (SSSR count). The van der Waals surface area contributed by atoms with Gasteiger partial charge in [-0.15, -0.1) is 11.3 Å². The molecule has 0 spiro atoms. The number of hydrogen-bond acceptors (Lipinski definition) is 5. The molecule has 9 heteroatoms. The van der Waals surface area contributed by atoms with Crippen LogP contribution in [0.4, 0.5) is 11.6 Å². The van der Waals surface area contributed by atoms with Crippen LogP contribution in [-0.2, 0) is 17.9 Å². The third-order valence-electron chi connectivity index (χ3n) is 6.73. The predicted octanol–water partition coefficient (Wildman–Crippen LogP) is 5.18. The number of nitrogens with one attached hydrogen (secondary N) is 1. The van der Waals surface area contributed by atoms with Gasteiger partial charge in [0.25, 0.3) is 5.91 Å². The lowest BCUT2D eigenvalue weighted by molar-refractivity contribution is -0.123. The van der Waals surface area contributed by atoms with E-state index in [0.29, 0.717) is 17.4 Å². The van der Waals surface area contributed by atoms with Crippen molar-refractivity contribution >= 4 is 45.8 Å². The number of benzene rings is 1. The molecule has 0 unspecified atom stereocenters. The average molecular weight is 491 g/mol. The summed E-state index contributed by atoms with van der Waals surface area (Å²) in [4.78, 5) is 37.1. The maximum absolute atomic E-state index is 13.1. The molecule has 1 aliphatic carbocycles. The van der Waals surface area contributed by atoms with E-state index in [2.05, 4.69) is 10.3 Å². The molecule has 0 bridgehead atoms. The van der Waals surface area contributed by atoms with Gasteiger partial charge in [-0.05, 0) is 48.9 Å². The van der Waals surface area contributed by atoms with Crippen LogP contribution < -0.4 is 10.2 Å². The topological polar surface area (TPSA) is 85.0 Å². The molecule has 1 saturated carbocycles. The second-order valence-electron chi connectivity index (χ2n) is 9.08. The fraction of sp³-hybridized carbons (Fsp3) is 0.385. The third-order valence-corrected chi connectivity index (χ3v) is 7.60. The first-order chi connectivity index (χ1) is 17.1. The summed E-state index contributed by atoms with van der Waals surface area (Å²) in [7, 11) is 1.85. The van der Waals surface area contributed by atoms with Crippen LogP contribution in [-0.4, -0.2) is 38.0 Å². The van der Waals surface area contributed by atoms with Gasteiger partial charge in [0, 0.05) is 44.1 Å². The molecule has 8 nitrogen and oxygen atoms in total. The lowest BCUT2D eigenvalue weighted by Gasteiger charge is -2.26. The molecule has 35 heavy (non-hydrogen) atoms. The lowest BCUT2D eigenvalue weighted by atomic mass is 9.88. The van der Waals surface area contributed by atoms with E-state index in [1.54, 1.807) is 23.5 Å². The highest BCUT2D eigenvalue weighted by atomic mass is 32.1. The van der Waals surface area contributed by atoms with Crippen LogP contribution in [0.15, 0.2) is 54.4 Å². The second kappa shape index (κ2) is 10.4. The minimum atomic E-state index is -0.170. The van der Waals surface area contributed by atoms with Crippen LogP contribution in [0.3, 0.4) is 0 Å². The van der Waals surface area contributed by atoms with Crippen molar-refractivity contribution in [1.29, 1.82) is 0 Å². The second-order valence-corrected chi connectivity index (χ2v) is 10.0. The Labute approximate surface area is 208 Å². The van der Waals surface area contributed by atoms with Gasteiger partial charge >= 0.3 is 0 Å². The van der Waals surface area contributed by atoms with E-state index in [0.717, 1.165) is 55.4 Å². The summed E-state index contributed by atoms with van der Waals surface area (Å²) in [5.74, 6) is 0.624. The van der Waals surface area contributed by atoms with Crippen LogP contribution in [0.25, 0.3) is 11.0 Å². The molecule has 3 heterocycles. The van der Waals surface area contributed by atoms with Crippen molar-refractivity contribution in [3.63, 3.8) is 0 Å². The molecule has 0 saturated heterocycles. The number of carbonyl (C=O) groups is 2.